The average Bonchev–Trinajstić information content (AvgIpc) is 3.43. The molecule has 1 aromatic carbocycles. The third-order valence-corrected chi connectivity index (χ3v) is 7.60. The zero-order valence-electron chi connectivity index (χ0n) is 18.5. The van der Waals surface area contributed by atoms with E-state index in [0.717, 1.165) is 42.7 Å². The molecular formula is C23H29N5O3S. The van der Waals surface area contributed by atoms with Gasteiger partial charge in [-0.1, -0.05) is 13.0 Å². The molecule has 1 saturated heterocycles. The van der Waals surface area contributed by atoms with Gasteiger partial charge in [-0.25, -0.2) is 18.4 Å². The summed E-state index contributed by atoms with van der Waals surface area (Å²) in [6.07, 6.45) is 5.14. The van der Waals surface area contributed by atoms with Gasteiger partial charge in [0.05, 0.1) is 15.9 Å². The van der Waals surface area contributed by atoms with Crippen molar-refractivity contribution in [3.63, 3.8) is 0 Å². The van der Waals surface area contributed by atoms with Crippen molar-refractivity contribution in [1.82, 2.24) is 18.8 Å². The Bertz CT molecular complexity index is 1210. The average molecular weight is 456 g/mol. The summed E-state index contributed by atoms with van der Waals surface area (Å²) in [5.74, 6) is 1.18. The van der Waals surface area contributed by atoms with Crippen molar-refractivity contribution in [2.24, 2.45) is 0 Å². The van der Waals surface area contributed by atoms with Crippen LogP contribution in [0.15, 0.2) is 41.4 Å². The van der Waals surface area contributed by atoms with E-state index in [0.29, 0.717) is 30.8 Å². The highest BCUT2D eigenvalue weighted by atomic mass is 32.2. The second kappa shape index (κ2) is 9.38. The number of hydrogen-bond acceptors (Lipinski definition) is 5. The number of benzene rings is 1. The van der Waals surface area contributed by atoms with Crippen LogP contribution in [0.4, 0.5) is 5.82 Å². The third-order valence-electron chi connectivity index (χ3n) is 5.70. The minimum absolute atomic E-state index is 0.131. The van der Waals surface area contributed by atoms with E-state index in [2.05, 4.69) is 21.8 Å². The van der Waals surface area contributed by atoms with Gasteiger partial charge in [0.15, 0.2) is 0 Å². The van der Waals surface area contributed by atoms with Gasteiger partial charge in [-0.2, -0.15) is 4.31 Å². The fourth-order valence-electron chi connectivity index (χ4n) is 4.03. The largest absolute Gasteiger partial charge is 0.328 e. The third kappa shape index (κ3) is 4.68. The summed E-state index contributed by atoms with van der Waals surface area (Å²) in [5.41, 5.74) is 2.57. The molecule has 0 bridgehead atoms. The predicted molar refractivity (Wildman–Crippen MR) is 124 cm³/mol. The maximum Gasteiger partial charge on any atom is 0.243 e. The maximum atomic E-state index is 12.9. The van der Waals surface area contributed by atoms with Crippen LogP contribution in [0, 0.1) is 6.92 Å². The van der Waals surface area contributed by atoms with Gasteiger partial charge in [0.2, 0.25) is 15.9 Å². The van der Waals surface area contributed by atoms with E-state index in [9.17, 15) is 13.2 Å². The number of aromatic nitrogens is 3. The molecule has 0 atom stereocenters. The van der Waals surface area contributed by atoms with Crippen LogP contribution in [-0.4, -0.2) is 46.3 Å². The highest BCUT2D eigenvalue weighted by Gasteiger charge is 2.27. The molecular weight excluding hydrogens is 426 g/mol. The van der Waals surface area contributed by atoms with Crippen molar-refractivity contribution in [1.29, 1.82) is 0 Å². The van der Waals surface area contributed by atoms with Gasteiger partial charge in [0, 0.05) is 38.7 Å². The first-order valence-corrected chi connectivity index (χ1v) is 12.5. The lowest BCUT2D eigenvalue weighted by molar-refractivity contribution is -0.116. The van der Waals surface area contributed by atoms with Crippen molar-refractivity contribution in [2.75, 3.05) is 18.4 Å². The van der Waals surface area contributed by atoms with Gasteiger partial charge in [-0.05, 0) is 56.0 Å². The normalized spacial score (nSPS) is 14.8. The Hall–Kier alpha value is -2.78. The molecule has 3 aromatic rings. The van der Waals surface area contributed by atoms with Gasteiger partial charge < -0.3 is 9.88 Å². The first-order chi connectivity index (χ1) is 15.4. The summed E-state index contributed by atoms with van der Waals surface area (Å²) < 4.78 is 29.5. The van der Waals surface area contributed by atoms with E-state index in [1.165, 1.54) is 0 Å². The second-order valence-corrected chi connectivity index (χ2v) is 10.1. The van der Waals surface area contributed by atoms with E-state index in [-0.39, 0.29) is 17.2 Å². The molecule has 32 heavy (non-hydrogen) atoms. The number of amides is 1. The molecule has 170 valence electrons. The summed E-state index contributed by atoms with van der Waals surface area (Å²) >= 11 is 0. The predicted octanol–water partition coefficient (Wildman–Crippen LogP) is 3.51. The van der Waals surface area contributed by atoms with Crippen LogP contribution >= 0.6 is 0 Å². The SMILES string of the molecule is CCCn1c(CCC(=O)Nc2ccc(C)cn2)nc2cc(S(=O)(=O)N3CCCC3)ccc21. The summed E-state index contributed by atoms with van der Waals surface area (Å²) in [6.45, 7) is 5.92. The first kappa shape index (κ1) is 22.4. The monoisotopic (exact) mass is 455 g/mol. The molecule has 0 saturated carbocycles. The van der Waals surface area contributed by atoms with Crippen LogP contribution in [0.5, 0.6) is 0 Å². The fraction of sp³-hybridized carbons (Fsp3) is 0.435. The summed E-state index contributed by atoms with van der Waals surface area (Å²) in [7, 11) is -3.50. The molecule has 0 spiro atoms. The minimum atomic E-state index is -3.50. The molecule has 1 aliphatic heterocycles. The van der Waals surface area contributed by atoms with Crippen LogP contribution in [-0.2, 0) is 27.8 Å². The van der Waals surface area contributed by atoms with E-state index >= 15 is 0 Å². The standard InChI is InChI=1S/C23H29N5O3S/c1-3-12-28-20-8-7-18(32(30,31)27-13-4-5-14-27)15-19(20)25-22(28)10-11-23(29)26-21-9-6-17(2)16-24-21/h6-9,15-16H,3-5,10-14H2,1-2H3,(H,24,26,29). The zero-order chi connectivity index (χ0) is 22.7. The lowest BCUT2D eigenvalue weighted by Crippen LogP contribution is -2.27. The molecule has 0 unspecified atom stereocenters. The Morgan fingerprint density at radius 3 is 2.62 bits per heavy atom. The summed E-state index contributed by atoms with van der Waals surface area (Å²) in [5, 5.41) is 2.81. The minimum Gasteiger partial charge on any atom is -0.328 e. The molecule has 0 aliphatic carbocycles. The van der Waals surface area contributed by atoms with Crippen LogP contribution in [0.25, 0.3) is 11.0 Å². The number of anilines is 1. The van der Waals surface area contributed by atoms with Gasteiger partial charge in [-0.15, -0.1) is 0 Å². The molecule has 4 rings (SSSR count). The van der Waals surface area contributed by atoms with Gasteiger partial charge in [0.25, 0.3) is 0 Å². The Labute approximate surface area is 188 Å². The lowest BCUT2D eigenvalue weighted by Gasteiger charge is -2.15. The maximum absolute atomic E-state index is 12.9. The highest BCUT2D eigenvalue weighted by molar-refractivity contribution is 7.89. The molecule has 9 heteroatoms. The lowest BCUT2D eigenvalue weighted by atomic mass is 10.2. The number of sulfonamides is 1. The van der Waals surface area contributed by atoms with Crippen molar-refractivity contribution >= 4 is 32.8 Å². The summed E-state index contributed by atoms with van der Waals surface area (Å²) in [4.78, 5) is 21.6. The second-order valence-electron chi connectivity index (χ2n) is 8.21. The number of nitrogens with one attached hydrogen (secondary N) is 1. The van der Waals surface area contributed by atoms with Crippen LogP contribution < -0.4 is 5.32 Å². The highest BCUT2D eigenvalue weighted by Crippen LogP contribution is 2.26. The van der Waals surface area contributed by atoms with E-state index in [1.807, 2.05) is 19.1 Å². The van der Waals surface area contributed by atoms with Gasteiger partial charge >= 0.3 is 0 Å². The Balaban J connectivity index is 1.54. The van der Waals surface area contributed by atoms with E-state index < -0.39 is 10.0 Å². The zero-order valence-corrected chi connectivity index (χ0v) is 19.4. The topological polar surface area (TPSA) is 97.2 Å². The van der Waals surface area contributed by atoms with E-state index in [4.69, 9.17) is 4.98 Å². The number of carbonyl (C=O) groups excluding carboxylic acids is 1. The quantitative estimate of drug-likeness (QED) is 0.561. The number of hydrogen-bond donors (Lipinski definition) is 1. The van der Waals surface area contributed by atoms with Gasteiger partial charge in [0.1, 0.15) is 11.6 Å². The van der Waals surface area contributed by atoms with Crippen molar-refractivity contribution in [2.45, 2.75) is 57.4 Å². The van der Waals surface area contributed by atoms with Crippen molar-refractivity contribution in [3.8, 4) is 0 Å². The van der Waals surface area contributed by atoms with Crippen LogP contribution in [0.3, 0.4) is 0 Å². The summed E-state index contributed by atoms with van der Waals surface area (Å²) in [6, 6.07) is 8.85. The molecule has 3 heterocycles. The Kier molecular flexibility index (Phi) is 6.57. The molecule has 0 radical (unpaired) electrons. The molecule has 1 amide bonds. The van der Waals surface area contributed by atoms with Crippen LogP contribution in [0.2, 0.25) is 0 Å². The smallest absolute Gasteiger partial charge is 0.243 e. The number of fused-ring (bicyclic) bond motifs is 1. The van der Waals surface area contributed by atoms with Crippen LogP contribution in [0.1, 0.15) is 44.0 Å². The number of pyridine rings is 1. The Morgan fingerprint density at radius 1 is 1.16 bits per heavy atom. The number of imidazole rings is 1. The van der Waals surface area contributed by atoms with Crippen molar-refractivity contribution in [3.05, 3.63) is 47.9 Å². The molecule has 1 N–H and O–H groups in total. The fourth-order valence-corrected chi connectivity index (χ4v) is 5.57. The molecule has 8 nitrogen and oxygen atoms in total. The van der Waals surface area contributed by atoms with Crippen molar-refractivity contribution < 1.29 is 13.2 Å². The number of aryl methyl sites for hydroxylation is 3. The number of carbonyl (C=O) groups is 1. The number of nitrogens with zero attached hydrogens (tertiary/aromatic N) is 4. The molecule has 1 fully saturated rings. The van der Waals surface area contributed by atoms with E-state index in [1.54, 1.807) is 28.7 Å². The number of rotatable bonds is 8. The Morgan fingerprint density at radius 2 is 1.94 bits per heavy atom. The van der Waals surface area contributed by atoms with Gasteiger partial charge in [-0.3, -0.25) is 4.79 Å². The first-order valence-electron chi connectivity index (χ1n) is 11.1. The molecule has 2 aromatic heterocycles. The molecule has 1 aliphatic rings.